The van der Waals surface area contributed by atoms with E-state index in [-0.39, 0.29) is 0 Å². The van der Waals surface area contributed by atoms with Crippen molar-refractivity contribution >= 4 is 0 Å². The van der Waals surface area contributed by atoms with Crippen molar-refractivity contribution in [1.82, 2.24) is 0 Å². The third kappa shape index (κ3) is 3.71. The smallest absolute Gasteiger partial charge is 0.283 e. The Morgan fingerprint density at radius 2 is 1.21 bits per heavy atom. The third-order valence-electron chi connectivity index (χ3n) is 4.75. The zero-order valence-electron chi connectivity index (χ0n) is 12.1. The van der Waals surface area contributed by atoms with Gasteiger partial charge in [0.15, 0.2) is 0 Å². The van der Waals surface area contributed by atoms with Gasteiger partial charge in [0.25, 0.3) is 5.97 Å². The van der Waals surface area contributed by atoms with Crippen molar-refractivity contribution in [1.29, 1.82) is 0 Å². The van der Waals surface area contributed by atoms with Gasteiger partial charge < -0.3 is 14.2 Å². The molecular weight excluding hydrogens is 240 g/mol. The maximum atomic E-state index is 6.30. The van der Waals surface area contributed by atoms with Gasteiger partial charge in [0, 0.05) is 6.42 Å². The Labute approximate surface area is 117 Å². The fourth-order valence-electron chi connectivity index (χ4n) is 3.68. The summed E-state index contributed by atoms with van der Waals surface area (Å²) in [5.41, 5.74) is 0. The van der Waals surface area contributed by atoms with Gasteiger partial charge in [-0.15, -0.1) is 0 Å². The van der Waals surface area contributed by atoms with E-state index in [0.717, 1.165) is 19.4 Å². The van der Waals surface area contributed by atoms with Crippen molar-refractivity contribution in [3.8, 4) is 0 Å². The summed E-state index contributed by atoms with van der Waals surface area (Å²) in [7, 11) is 0. The first-order valence-electron chi connectivity index (χ1n) is 8.36. The minimum atomic E-state index is -0.690. The van der Waals surface area contributed by atoms with Crippen LogP contribution in [0.15, 0.2) is 0 Å². The molecule has 0 amide bonds. The molecule has 0 bridgehead atoms. The van der Waals surface area contributed by atoms with Crippen molar-refractivity contribution < 1.29 is 14.2 Å². The molecule has 0 aromatic heterocycles. The lowest BCUT2D eigenvalue weighted by atomic mass is 9.97. The summed E-state index contributed by atoms with van der Waals surface area (Å²) in [6, 6.07) is 0. The summed E-state index contributed by atoms with van der Waals surface area (Å²) in [5, 5.41) is 0. The van der Waals surface area contributed by atoms with Crippen LogP contribution in [0.1, 0.15) is 77.0 Å². The highest BCUT2D eigenvalue weighted by Gasteiger charge is 2.42. The van der Waals surface area contributed by atoms with E-state index in [1.807, 2.05) is 0 Å². The molecule has 0 aromatic rings. The maximum absolute atomic E-state index is 6.30. The van der Waals surface area contributed by atoms with Gasteiger partial charge in [-0.3, -0.25) is 0 Å². The zero-order valence-corrected chi connectivity index (χ0v) is 12.1. The molecule has 1 saturated heterocycles. The Hall–Kier alpha value is -0.120. The Morgan fingerprint density at radius 3 is 1.63 bits per heavy atom. The Bertz CT molecular complexity index is 239. The second-order valence-electron chi connectivity index (χ2n) is 6.39. The first kappa shape index (κ1) is 13.8. The fourth-order valence-corrected chi connectivity index (χ4v) is 3.68. The summed E-state index contributed by atoms with van der Waals surface area (Å²) >= 11 is 0. The van der Waals surface area contributed by atoms with E-state index in [9.17, 15) is 0 Å². The van der Waals surface area contributed by atoms with Gasteiger partial charge in [0.2, 0.25) is 0 Å². The van der Waals surface area contributed by atoms with Gasteiger partial charge in [-0.2, -0.15) is 0 Å². The minimum Gasteiger partial charge on any atom is -0.327 e. The highest BCUT2D eigenvalue weighted by molar-refractivity contribution is 4.75. The van der Waals surface area contributed by atoms with Crippen molar-refractivity contribution in [2.45, 2.75) is 95.2 Å². The van der Waals surface area contributed by atoms with Crippen LogP contribution in [0.2, 0.25) is 0 Å². The molecule has 0 unspecified atom stereocenters. The van der Waals surface area contributed by atoms with E-state index < -0.39 is 5.97 Å². The maximum Gasteiger partial charge on any atom is 0.283 e. The lowest BCUT2D eigenvalue weighted by molar-refractivity contribution is -0.392. The van der Waals surface area contributed by atoms with Crippen LogP contribution in [0.25, 0.3) is 0 Å². The van der Waals surface area contributed by atoms with Crippen molar-refractivity contribution in [2.24, 2.45) is 0 Å². The van der Waals surface area contributed by atoms with Crippen LogP contribution in [0.3, 0.4) is 0 Å². The van der Waals surface area contributed by atoms with E-state index >= 15 is 0 Å². The number of ether oxygens (including phenoxy) is 3. The van der Waals surface area contributed by atoms with E-state index in [1.165, 1.54) is 64.2 Å². The normalized spacial score (nSPS) is 29.7. The molecule has 2 aliphatic carbocycles. The van der Waals surface area contributed by atoms with Gasteiger partial charge in [-0.1, -0.05) is 38.5 Å². The average Bonchev–Trinajstić information content (AvgIpc) is 2.89. The fraction of sp³-hybridized carbons (Fsp3) is 1.00. The molecule has 110 valence electrons. The molecule has 2 saturated carbocycles. The Balaban J connectivity index is 1.57. The van der Waals surface area contributed by atoms with Gasteiger partial charge in [0.1, 0.15) is 0 Å². The third-order valence-corrected chi connectivity index (χ3v) is 4.75. The van der Waals surface area contributed by atoms with E-state index in [0.29, 0.717) is 12.2 Å². The lowest BCUT2D eigenvalue weighted by Gasteiger charge is -2.37. The van der Waals surface area contributed by atoms with Crippen LogP contribution in [0, 0.1) is 0 Å². The molecule has 3 nitrogen and oxygen atoms in total. The molecule has 1 aliphatic heterocycles. The van der Waals surface area contributed by atoms with Crippen LogP contribution >= 0.6 is 0 Å². The zero-order chi connectivity index (χ0) is 13.0. The Morgan fingerprint density at radius 1 is 0.684 bits per heavy atom. The monoisotopic (exact) mass is 268 g/mol. The van der Waals surface area contributed by atoms with Crippen LogP contribution in [-0.2, 0) is 14.2 Å². The standard InChI is InChI=1S/C16H28O3/c1-3-8-14(9-4-1)18-16(12-7-13-17-16)19-15-10-5-2-6-11-15/h14-15H,1-13H2. The van der Waals surface area contributed by atoms with Gasteiger partial charge in [-0.25, -0.2) is 0 Å². The molecule has 3 heteroatoms. The van der Waals surface area contributed by atoms with Crippen LogP contribution in [0.5, 0.6) is 0 Å². The first-order chi connectivity index (χ1) is 9.36. The first-order valence-corrected chi connectivity index (χ1v) is 8.36. The Kier molecular flexibility index (Phi) is 4.78. The van der Waals surface area contributed by atoms with E-state index in [2.05, 4.69) is 0 Å². The largest absolute Gasteiger partial charge is 0.327 e. The number of hydrogen-bond donors (Lipinski definition) is 0. The molecule has 3 aliphatic rings. The van der Waals surface area contributed by atoms with Crippen molar-refractivity contribution in [2.75, 3.05) is 6.61 Å². The molecule has 0 radical (unpaired) electrons. The summed E-state index contributed by atoms with van der Waals surface area (Å²) < 4.78 is 18.5. The van der Waals surface area contributed by atoms with E-state index in [1.54, 1.807) is 0 Å². The van der Waals surface area contributed by atoms with Gasteiger partial charge >= 0.3 is 0 Å². The lowest BCUT2D eigenvalue weighted by Crippen LogP contribution is -2.43. The number of hydrogen-bond acceptors (Lipinski definition) is 3. The topological polar surface area (TPSA) is 27.7 Å². The minimum absolute atomic E-state index is 0.357. The quantitative estimate of drug-likeness (QED) is 0.717. The van der Waals surface area contributed by atoms with Crippen LogP contribution < -0.4 is 0 Å². The van der Waals surface area contributed by atoms with Gasteiger partial charge in [0.05, 0.1) is 18.8 Å². The molecule has 0 aromatic carbocycles. The molecule has 0 atom stereocenters. The summed E-state index contributed by atoms with van der Waals surface area (Å²) in [4.78, 5) is 0. The van der Waals surface area contributed by atoms with E-state index in [4.69, 9.17) is 14.2 Å². The molecule has 0 spiro atoms. The SMILES string of the molecule is C1CCC(OC2(OC3CCCCC3)CCCO2)CC1. The molecule has 0 N–H and O–H groups in total. The van der Waals surface area contributed by atoms with Crippen molar-refractivity contribution in [3.63, 3.8) is 0 Å². The second kappa shape index (κ2) is 6.55. The summed E-state index contributed by atoms with van der Waals surface area (Å²) in [6.07, 6.45) is 15.3. The van der Waals surface area contributed by atoms with Crippen LogP contribution in [-0.4, -0.2) is 24.8 Å². The second-order valence-corrected chi connectivity index (χ2v) is 6.39. The molecule has 3 fully saturated rings. The predicted molar refractivity (Wildman–Crippen MR) is 73.8 cm³/mol. The molecule has 19 heavy (non-hydrogen) atoms. The molecular formula is C16H28O3. The highest BCUT2D eigenvalue weighted by Crippen LogP contribution is 2.36. The average molecular weight is 268 g/mol. The predicted octanol–water partition coefficient (Wildman–Crippen LogP) is 4.15. The summed E-state index contributed by atoms with van der Waals surface area (Å²) in [5.74, 6) is -0.690. The van der Waals surface area contributed by atoms with Crippen molar-refractivity contribution in [3.05, 3.63) is 0 Å². The van der Waals surface area contributed by atoms with Gasteiger partial charge in [-0.05, 0) is 32.1 Å². The summed E-state index contributed by atoms with van der Waals surface area (Å²) in [6.45, 7) is 0.791. The highest BCUT2D eigenvalue weighted by atomic mass is 16.9. The number of rotatable bonds is 4. The molecule has 3 rings (SSSR count). The molecule has 1 heterocycles. The van der Waals surface area contributed by atoms with Crippen LogP contribution in [0.4, 0.5) is 0 Å².